The Hall–Kier alpha value is -3.25. The average molecular weight is 382 g/mol. The van der Waals surface area contributed by atoms with Crippen LogP contribution in [0.1, 0.15) is 15.9 Å². The Labute approximate surface area is 161 Å². The Bertz CT molecular complexity index is 1010. The first kappa shape index (κ1) is 17.2. The minimum atomic E-state index is -0.253. The molecule has 0 saturated heterocycles. The molecular formula is C20H16ClN3O3. The Morgan fingerprint density at radius 1 is 1.04 bits per heavy atom. The van der Waals surface area contributed by atoms with Crippen LogP contribution in [0.2, 0.25) is 5.02 Å². The Morgan fingerprint density at radius 3 is 2.63 bits per heavy atom. The summed E-state index contributed by atoms with van der Waals surface area (Å²) in [5, 5.41) is 6.58. The van der Waals surface area contributed by atoms with E-state index in [9.17, 15) is 4.79 Å². The fourth-order valence-corrected chi connectivity index (χ4v) is 2.78. The molecule has 6 nitrogen and oxygen atoms in total. The molecule has 0 unspecified atom stereocenters. The highest BCUT2D eigenvalue weighted by atomic mass is 35.5. The number of ether oxygens (including phenoxy) is 2. The van der Waals surface area contributed by atoms with Crippen molar-refractivity contribution in [2.75, 3.05) is 17.4 Å². The van der Waals surface area contributed by atoms with Crippen LogP contribution < -0.4 is 20.1 Å². The van der Waals surface area contributed by atoms with E-state index >= 15 is 0 Å². The second-order valence-electron chi connectivity index (χ2n) is 6.04. The number of fused-ring (bicyclic) bond motifs is 1. The monoisotopic (exact) mass is 381 g/mol. The molecule has 0 saturated carbocycles. The number of hydrogen-bond donors (Lipinski definition) is 2. The lowest BCUT2D eigenvalue weighted by molar-refractivity contribution is 0.102. The summed E-state index contributed by atoms with van der Waals surface area (Å²) in [7, 11) is 0. The molecule has 7 heteroatoms. The number of rotatable bonds is 4. The van der Waals surface area contributed by atoms with Crippen LogP contribution >= 0.6 is 11.6 Å². The number of carbonyl (C=O) groups is 1. The molecule has 2 heterocycles. The summed E-state index contributed by atoms with van der Waals surface area (Å²) < 4.78 is 10.6. The van der Waals surface area contributed by atoms with Crippen LogP contribution in [0.3, 0.4) is 0 Å². The average Bonchev–Trinajstić information content (AvgIpc) is 3.13. The van der Waals surface area contributed by atoms with Crippen molar-refractivity contribution in [3.63, 3.8) is 0 Å². The largest absolute Gasteiger partial charge is 0.454 e. The Kier molecular flexibility index (Phi) is 4.56. The number of aryl methyl sites for hydroxylation is 1. The van der Waals surface area contributed by atoms with Gasteiger partial charge in [0.2, 0.25) is 6.79 Å². The highest BCUT2D eigenvalue weighted by Crippen LogP contribution is 2.34. The first-order valence-electron chi connectivity index (χ1n) is 8.29. The predicted octanol–water partition coefficient (Wildman–Crippen LogP) is 4.77. The van der Waals surface area contributed by atoms with Crippen LogP contribution in [-0.4, -0.2) is 17.7 Å². The van der Waals surface area contributed by atoms with E-state index in [0.717, 1.165) is 17.0 Å². The van der Waals surface area contributed by atoms with Gasteiger partial charge in [-0.05, 0) is 48.9 Å². The maximum absolute atomic E-state index is 12.4. The van der Waals surface area contributed by atoms with Gasteiger partial charge in [0.25, 0.3) is 5.91 Å². The van der Waals surface area contributed by atoms with Gasteiger partial charge in [-0.15, -0.1) is 0 Å². The van der Waals surface area contributed by atoms with Crippen LogP contribution in [0.4, 0.5) is 17.2 Å². The van der Waals surface area contributed by atoms with Crippen molar-refractivity contribution in [1.82, 2.24) is 4.98 Å². The number of pyridine rings is 1. The topological polar surface area (TPSA) is 72.5 Å². The van der Waals surface area contributed by atoms with E-state index in [2.05, 4.69) is 15.6 Å². The smallest absolute Gasteiger partial charge is 0.257 e. The number of amides is 1. The minimum Gasteiger partial charge on any atom is -0.454 e. The number of benzene rings is 2. The quantitative estimate of drug-likeness (QED) is 0.681. The third-order valence-electron chi connectivity index (χ3n) is 4.10. The summed E-state index contributed by atoms with van der Waals surface area (Å²) in [4.78, 5) is 16.7. The van der Waals surface area contributed by atoms with Gasteiger partial charge in [-0.3, -0.25) is 4.79 Å². The van der Waals surface area contributed by atoms with Crippen LogP contribution in [0.5, 0.6) is 11.5 Å². The zero-order valence-corrected chi connectivity index (χ0v) is 15.2. The Morgan fingerprint density at radius 2 is 1.85 bits per heavy atom. The summed E-state index contributed by atoms with van der Waals surface area (Å²) in [6.07, 6.45) is 1.51. The molecule has 1 aliphatic heterocycles. The molecule has 0 fully saturated rings. The minimum absolute atomic E-state index is 0.229. The summed E-state index contributed by atoms with van der Waals surface area (Å²) in [6, 6.07) is 14.4. The summed E-state index contributed by atoms with van der Waals surface area (Å²) in [5.41, 5.74) is 2.86. The van der Waals surface area contributed by atoms with Gasteiger partial charge in [0, 0.05) is 28.7 Å². The van der Waals surface area contributed by atoms with Gasteiger partial charge in [-0.2, -0.15) is 0 Å². The van der Waals surface area contributed by atoms with Gasteiger partial charge in [-0.25, -0.2) is 4.98 Å². The van der Waals surface area contributed by atoms with E-state index in [1.54, 1.807) is 18.2 Å². The van der Waals surface area contributed by atoms with Crippen molar-refractivity contribution >= 4 is 34.7 Å². The van der Waals surface area contributed by atoms with E-state index in [-0.39, 0.29) is 12.7 Å². The van der Waals surface area contributed by atoms with Crippen molar-refractivity contribution in [3.8, 4) is 11.5 Å². The van der Waals surface area contributed by atoms with Crippen molar-refractivity contribution < 1.29 is 14.3 Å². The van der Waals surface area contributed by atoms with E-state index in [1.165, 1.54) is 6.20 Å². The van der Waals surface area contributed by atoms with E-state index < -0.39 is 0 Å². The molecule has 2 N–H and O–H groups in total. The fourth-order valence-electron chi connectivity index (χ4n) is 2.60. The number of carbonyl (C=O) groups excluding carboxylic acids is 1. The Balaban J connectivity index is 1.43. The van der Waals surface area contributed by atoms with Gasteiger partial charge >= 0.3 is 0 Å². The molecule has 1 aliphatic rings. The molecule has 27 heavy (non-hydrogen) atoms. The van der Waals surface area contributed by atoms with E-state index in [4.69, 9.17) is 21.1 Å². The molecule has 0 spiro atoms. The fraction of sp³-hybridized carbons (Fsp3) is 0.100. The molecule has 1 aromatic heterocycles. The van der Waals surface area contributed by atoms with Crippen molar-refractivity contribution in [2.24, 2.45) is 0 Å². The molecule has 3 aromatic rings. The third-order valence-corrected chi connectivity index (χ3v) is 4.51. The molecule has 0 aliphatic carbocycles. The molecular weight excluding hydrogens is 366 g/mol. The highest BCUT2D eigenvalue weighted by molar-refractivity contribution is 6.31. The number of nitrogens with one attached hydrogen (secondary N) is 2. The molecule has 2 aromatic carbocycles. The zero-order valence-electron chi connectivity index (χ0n) is 14.5. The van der Waals surface area contributed by atoms with E-state index in [1.807, 2.05) is 37.3 Å². The lowest BCUT2D eigenvalue weighted by Crippen LogP contribution is -2.12. The third kappa shape index (κ3) is 3.80. The van der Waals surface area contributed by atoms with Crippen molar-refractivity contribution in [2.45, 2.75) is 6.92 Å². The van der Waals surface area contributed by atoms with Crippen LogP contribution in [0.25, 0.3) is 0 Å². The number of aromatic nitrogens is 1. The molecule has 0 bridgehead atoms. The number of halogens is 1. The van der Waals surface area contributed by atoms with Crippen molar-refractivity contribution in [3.05, 3.63) is 70.9 Å². The van der Waals surface area contributed by atoms with Crippen molar-refractivity contribution in [1.29, 1.82) is 0 Å². The second-order valence-corrected chi connectivity index (χ2v) is 6.45. The maximum Gasteiger partial charge on any atom is 0.257 e. The molecule has 0 atom stereocenters. The lowest BCUT2D eigenvalue weighted by atomic mass is 10.2. The molecule has 0 radical (unpaired) electrons. The standard InChI is InChI=1S/C20H16ClN3O3/c1-12-2-4-14(8-16(12)21)24-20(25)13-3-7-19(22-10-13)23-15-5-6-17-18(9-15)27-11-26-17/h2-10H,11H2,1H3,(H,22,23)(H,24,25). The SMILES string of the molecule is Cc1ccc(NC(=O)c2ccc(Nc3ccc4c(c3)OCO4)nc2)cc1Cl. The summed E-state index contributed by atoms with van der Waals surface area (Å²) in [5.74, 6) is 1.77. The van der Waals surface area contributed by atoms with Gasteiger partial charge < -0.3 is 20.1 Å². The van der Waals surface area contributed by atoms with Gasteiger partial charge in [0.05, 0.1) is 5.56 Å². The summed E-state index contributed by atoms with van der Waals surface area (Å²) >= 11 is 6.09. The number of hydrogen-bond acceptors (Lipinski definition) is 5. The first-order chi connectivity index (χ1) is 13.1. The van der Waals surface area contributed by atoms with Crippen LogP contribution in [0, 0.1) is 6.92 Å². The van der Waals surface area contributed by atoms with Gasteiger partial charge in [-0.1, -0.05) is 17.7 Å². The highest BCUT2D eigenvalue weighted by Gasteiger charge is 2.13. The molecule has 136 valence electrons. The summed E-state index contributed by atoms with van der Waals surface area (Å²) in [6.45, 7) is 2.14. The molecule has 1 amide bonds. The predicted molar refractivity (Wildman–Crippen MR) is 104 cm³/mol. The maximum atomic E-state index is 12.4. The first-order valence-corrected chi connectivity index (χ1v) is 8.66. The van der Waals surface area contributed by atoms with Gasteiger partial charge in [0.1, 0.15) is 5.82 Å². The van der Waals surface area contributed by atoms with E-state index in [0.29, 0.717) is 27.8 Å². The number of nitrogens with zero attached hydrogens (tertiary/aromatic N) is 1. The van der Waals surface area contributed by atoms with Crippen LogP contribution in [-0.2, 0) is 0 Å². The second kappa shape index (κ2) is 7.17. The zero-order chi connectivity index (χ0) is 18.8. The molecule has 4 rings (SSSR count). The van der Waals surface area contributed by atoms with Crippen LogP contribution in [0.15, 0.2) is 54.7 Å². The lowest BCUT2D eigenvalue weighted by Gasteiger charge is -2.09. The number of anilines is 3. The normalized spacial score (nSPS) is 11.9. The van der Waals surface area contributed by atoms with Gasteiger partial charge in [0.15, 0.2) is 11.5 Å².